The molecular weight excluding hydrogens is 409 g/mol. The van der Waals surface area contributed by atoms with Crippen molar-refractivity contribution in [1.82, 2.24) is 14.5 Å². The predicted molar refractivity (Wildman–Crippen MR) is 104 cm³/mol. The molecule has 3 aromatic rings. The van der Waals surface area contributed by atoms with Crippen LogP contribution in [-0.2, 0) is 16.6 Å². The molecule has 0 unspecified atom stereocenters. The minimum Gasteiger partial charge on any atom is -0.419 e. The second-order valence-electron chi connectivity index (χ2n) is 6.06. The van der Waals surface area contributed by atoms with Gasteiger partial charge >= 0.3 is 0 Å². The van der Waals surface area contributed by atoms with Crippen LogP contribution in [0.3, 0.4) is 0 Å². The Morgan fingerprint density at radius 1 is 1.00 bits per heavy atom. The molecular formula is C18H17Cl2N3O3S. The van der Waals surface area contributed by atoms with E-state index in [9.17, 15) is 8.42 Å². The first-order chi connectivity index (χ1) is 12.8. The van der Waals surface area contributed by atoms with Gasteiger partial charge in [0.05, 0.1) is 16.6 Å². The van der Waals surface area contributed by atoms with Gasteiger partial charge in [-0.1, -0.05) is 47.5 Å². The van der Waals surface area contributed by atoms with E-state index in [1.165, 1.54) is 16.4 Å². The smallest absolute Gasteiger partial charge is 0.247 e. The van der Waals surface area contributed by atoms with Gasteiger partial charge < -0.3 is 4.42 Å². The van der Waals surface area contributed by atoms with Crippen molar-refractivity contribution in [2.45, 2.75) is 31.3 Å². The van der Waals surface area contributed by atoms with E-state index < -0.39 is 10.0 Å². The summed E-state index contributed by atoms with van der Waals surface area (Å²) in [5.74, 6) is 0.497. The summed E-state index contributed by atoms with van der Waals surface area (Å²) >= 11 is 12.2. The number of aromatic nitrogens is 2. The van der Waals surface area contributed by atoms with Gasteiger partial charge in [0.2, 0.25) is 21.8 Å². The Labute approximate surface area is 167 Å². The van der Waals surface area contributed by atoms with Crippen LogP contribution in [0, 0.1) is 0 Å². The van der Waals surface area contributed by atoms with Crippen molar-refractivity contribution < 1.29 is 12.8 Å². The van der Waals surface area contributed by atoms with Gasteiger partial charge in [-0.2, -0.15) is 4.31 Å². The molecule has 0 radical (unpaired) electrons. The molecule has 0 fully saturated rings. The highest BCUT2D eigenvalue weighted by Crippen LogP contribution is 2.33. The first-order valence-corrected chi connectivity index (χ1v) is 10.3. The van der Waals surface area contributed by atoms with Crippen LogP contribution >= 0.6 is 23.2 Å². The van der Waals surface area contributed by atoms with Crippen molar-refractivity contribution in [3.05, 3.63) is 64.5 Å². The number of benzene rings is 2. The third kappa shape index (κ3) is 4.16. The first kappa shape index (κ1) is 19.8. The van der Waals surface area contributed by atoms with Gasteiger partial charge in [-0.3, -0.25) is 0 Å². The Hall–Kier alpha value is -1.93. The number of halogens is 2. The van der Waals surface area contributed by atoms with Crippen molar-refractivity contribution in [3.8, 4) is 11.5 Å². The van der Waals surface area contributed by atoms with Crippen LogP contribution in [0.25, 0.3) is 11.5 Å². The van der Waals surface area contributed by atoms with Gasteiger partial charge in [-0.25, -0.2) is 8.42 Å². The van der Waals surface area contributed by atoms with E-state index in [2.05, 4.69) is 10.2 Å². The summed E-state index contributed by atoms with van der Waals surface area (Å²) in [6.07, 6.45) is 0. The number of hydrogen-bond acceptors (Lipinski definition) is 5. The molecule has 27 heavy (non-hydrogen) atoms. The summed E-state index contributed by atoms with van der Waals surface area (Å²) in [6.45, 7) is 3.40. The molecule has 0 atom stereocenters. The van der Waals surface area contributed by atoms with Gasteiger partial charge in [-0.15, -0.1) is 10.2 Å². The lowest BCUT2D eigenvalue weighted by atomic mass is 10.2. The second kappa shape index (κ2) is 7.98. The Bertz CT molecular complexity index is 1020. The summed E-state index contributed by atoms with van der Waals surface area (Å²) in [5, 5.41) is 8.09. The van der Waals surface area contributed by atoms with Crippen LogP contribution in [-0.4, -0.2) is 29.0 Å². The number of nitrogens with zero attached hydrogens (tertiary/aromatic N) is 3. The van der Waals surface area contributed by atoms with Gasteiger partial charge in [0, 0.05) is 11.6 Å². The largest absolute Gasteiger partial charge is 0.419 e. The molecule has 0 spiro atoms. The van der Waals surface area contributed by atoms with E-state index in [4.69, 9.17) is 27.6 Å². The van der Waals surface area contributed by atoms with E-state index >= 15 is 0 Å². The molecule has 0 saturated heterocycles. The lowest BCUT2D eigenvalue weighted by molar-refractivity contribution is 0.313. The molecule has 2 aromatic carbocycles. The molecule has 0 N–H and O–H groups in total. The third-order valence-corrected chi connectivity index (χ3v) is 6.82. The predicted octanol–water partition coefficient (Wildman–Crippen LogP) is 4.64. The molecule has 142 valence electrons. The normalized spacial score (nSPS) is 12.1. The van der Waals surface area contributed by atoms with E-state index in [1.54, 1.807) is 19.9 Å². The fourth-order valence-electron chi connectivity index (χ4n) is 2.54. The van der Waals surface area contributed by atoms with E-state index in [1.807, 2.05) is 30.3 Å². The van der Waals surface area contributed by atoms with Crippen molar-refractivity contribution in [3.63, 3.8) is 0 Å². The highest BCUT2D eigenvalue weighted by molar-refractivity contribution is 7.89. The number of sulfonamides is 1. The first-order valence-electron chi connectivity index (χ1n) is 8.14. The zero-order valence-electron chi connectivity index (χ0n) is 14.6. The Morgan fingerprint density at radius 2 is 1.63 bits per heavy atom. The lowest BCUT2D eigenvalue weighted by Gasteiger charge is -2.25. The van der Waals surface area contributed by atoms with E-state index in [-0.39, 0.29) is 33.4 Å². The van der Waals surface area contributed by atoms with Gasteiger partial charge in [-0.05, 0) is 38.1 Å². The molecule has 9 heteroatoms. The molecule has 1 heterocycles. The summed E-state index contributed by atoms with van der Waals surface area (Å²) in [7, 11) is -3.97. The molecule has 0 aliphatic carbocycles. The summed E-state index contributed by atoms with van der Waals surface area (Å²) < 4.78 is 33.2. The third-order valence-electron chi connectivity index (χ3n) is 3.84. The van der Waals surface area contributed by atoms with Crippen molar-refractivity contribution >= 4 is 33.2 Å². The van der Waals surface area contributed by atoms with Crippen LogP contribution in [0.4, 0.5) is 0 Å². The van der Waals surface area contributed by atoms with E-state index in [0.717, 1.165) is 5.56 Å². The van der Waals surface area contributed by atoms with Crippen LogP contribution in [0.1, 0.15) is 19.7 Å². The molecule has 0 saturated carbocycles. The summed E-state index contributed by atoms with van der Waals surface area (Å²) in [5.41, 5.74) is 0.754. The van der Waals surface area contributed by atoms with Gasteiger partial charge in [0.15, 0.2) is 0 Å². The van der Waals surface area contributed by atoms with Crippen molar-refractivity contribution in [2.75, 3.05) is 0 Å². The topological polar surface area (TPSA) is 76.3 Å². The zero-order valence-corrected chi connectivity index (χ0v) is 17.0. The highest BCUT2D eigenvalue weighted by Gasteiger charge is 2.32. The van der Waals surface area contributed by atoms with Crippen LogP contribution in [0.15, 0.2) is 57.8 Å². The van der Waals surface area contributed by atoms with Crippen molar-refractivity contribution in [2.24, 2.45) is 0 Å². The maximum atomic E-state index is 13.2. The summed E-state index contributed by atoms with van der Waals surface area (Å²) in [6, 6.07) is 13.4. The Kier molecular flexibility index (Phi) is 5.86. The number of hydrogen-bond donors (Lipinski definition) is 0. The number of rotatable bonds is 6. The molecule has 1 aromatic heterocycles. The lowest BCUT2D eigenvalue weighted by Crippen LogP contribution is -2.36. The van der Waals surface area contributed by atoms with Gasteiger partial charge in [0.1, 0.15) is 4.90 Å². The fourth-order valence-corrected chi connectivity index (χ4v) is 5.22. The summed E-state index contributed by atoms with van der Waals surface area (Å²) in [4.78, 5) is -0.134. The van der Waals surface area contributed by atoms with Crippen LogP contribution in [0.5, 0.6) is 0 Å². The SMILES string of the molecule is CC(C)N(Cc1nnc(-c2ccccc2)o1)S(=O)(=O)c1c(Cl)cccc1Cl. The highest BCUT2D eigenvalue weighted by atomic mass is 35.5. The van der Waals surface area contributed by atoms with E-state index in [0.29, 0.717) is 5.89 Å². The molecule has 0 bridgehead atoms. The maximum absolute atomic E-state index is 13.2. The molecule has 0 aliphatic heterocycles. The minimum atomic E-state index is -3.97. The van der Waals surface area contributed by atoms with Crippen LogP contribution < -0.4 is 0 Å². The monoisotopic (exact) mass is 425 g/mol. The van der Waals surface area contributed by atoms with Crippen molar-refractivity contribution in [1.29, 1.82) is 0 Å². The molecule has 0 amide bonds. The zero-order chi connectivity index (χ0) is 19.6. The molecule has 6 nitrogen and oxygen atoms in total. The Morgan fingerprint density at radius 3 is 2.22 bits per heavy atom. The molecule has 3 rings (SSSR count). The average Bonchev–Trinajstić information content (AvgIpc) is 3.08. The minimum absolute atomic E-state index is 0.0589. The van der Waals surface area contributed by atoms with Gasteiger partial charge in [0.25, 0.3) is 0 Å². The maximum Gasteiger partial charge on any atom is 0.247 e. The fraction of sp³-hybridized carbons (Fsp3) is 0.222. The van der Waals surface area contributed by atoms with Crippen LogP contribution in [0.2, 0.25) is 10.0 Å². The quantitative estimate of drug-likeness (QED) is 0.574. The molecule has 0 aliphatic rings. The second-order valence-corrected chi connectivity index (χ2v) is 8.70. The standard InChI is InChI=1S/C18H17Cl2N3O3S/c1-12(2)23(27(24,25)17-14(19)9-6-10-15(17)20)11-16-21-22-18(26-16)13-7-4-3-5-8-13/h3-10,12H,11H2,1-2H3. The average molecular weight is 426 g/mol. The Balaban J connectivity index is 1.94.